The van der Waals surface area contributed by atoms with Crippen molar-refractivity contribution >= 4 is 22.4 Å². The molecule has 0 spiro atoms. The maximum Gasteiger partial charge on any atom is 0.142 e. The molecule has 0 radical (unpaired) electrons. The normalized spacial score (nSPS) is 9.88. The molecule has 0 nitrogen and oxygen atoms in total. The molecule has 0 N–H and O–H groups in total. The predicted molar refractivity (Wildman–Crippen MR) is 69.7 cm³/mol. The van der Waals surface area contributed by atoms with Gasteiger partial charge in [0.2, 0.25) is 0 Å². The molecule has 0 unspecified atom stereocenters. The van der Waals surface area contributed by atoms with Gasteiger partial charge >= 0.3 is 0 Å². The van der Waals surface area contributed by atoms with E-state index in [1.165, 1.54) is 6.07 Å². The second-order valence-electron chi connectivity index (χ2n) is 3.54. The van der Waals surface area contributed by atoms with Crippen molar-refractivity contribution in [1.82, 2.24) is 0 Å². The van der Waals surface area contributed by atoms with Gasteiger partial charge in [0.1, 0.15) is 5.82 Å². The van der Waals surface area contributed by atoms with Gasteiger partial charge < -0.3 is 0 Å². The van der Waals surface area contributed by atoms with Gasteiger partial charge in [-0.05, 0) is 30.9 Å². The number of hydrogen-bond acceptors (Lipinski definition) is 0. The number of aryl methyl sites for hydroxylation is 2. The van der Waals surface area contributed by atoms with Crippen molar-refractivity contribution in [3.05, 3.63) is 46.2 Å². The molecule has 86 valence electrons. The second kappa shape index (κ2) is 5.31. The molecule has 0 saturated carbocycles. The Kier molecular flexibility index (Phi) is 4.31. The molecule has 0 heterocycles. The lowest BCUT2D eigenvalue weighted by molar-refractivity contribution is 0.630. The first-order valence-electron chi connectivity index (χ1n) is 5.44. The average molecular weight is 239 g/mol. The Hall–Kier alpha value is -1.08. The minimum Gasteiger partial charge on any atom is -0.205 e. The standard InChI is InChI=1S/C12H10ClF.C2H6/c1-7-5-8(2)11-9(6-7)3-4-10(14)12(11)13;1-2/h3-6H,1-2H3;1-2H3. The highest BCUT2D eigenvalue weighted by atomic mass is 35.5. The maximum absolute atomic E-state index is 13.2. The molecule has 0 atom stereocenters. The lowest BCUT2D eigenvalue weighted by Gasteiger charge is -2.06. The van der Waals surface area contributed by atoms with E-state index in [2.05, 4.69) is 0 Å². The van der Waals surface area contributed by atoms with Gasteiger partial charge in [-0.15, -0.1) is 0 Å². The van der Waals surface area contributed by atoms with E-state index < -0.39 is 0 Å². The Balaban J connectivity index is 0.000000606. The molecule has 2 aromatic rings. The zero-order valence-electron chi connectivity index (χ0n) is 10.1. The molecule has 0 aliphatic heterocycles. The van der Waals surface area contributed by atoms with Gasteiger partial charge in [0.05, 0.1) is 5.02 Å². The van der Waals surface area contributed by atoms with Gasteiger partial charge in [0, 0.05) is 5.39 Å². The summed E-state index contributed by atoms with van der Waals surface area (Å²) in [6.45, 7) is 7.96. The Morgan fingerprint density at radius 3 is 2.31 bits per heavy atom. The number of hydrogen-bond donors (Lipinski definition) is 0. The van der Waals surface area contributed by atoms with Crippen LogP contribution in [-0.4, -0.2) is 0 Å². The first-order chi connectivity index (χ1) is 7.59. The molecule has 2 heteroatoms. The van der Waals surface area contributed by atoms with Crippen LogP contribution in [0.15, 0.2) is 24.3 Å². The van der Waals surface area contributed by atoms with E-state index in [-0.39, 0.29) is 10.8 Å². The van der Waals surface area contributed by atoms with E-state index in [1.807, 2.05) is 39.8 Å². The molecular weight excluding hydrogens is 223 g/mol. The zero-order chi connectivity index (χ0) is 12.3. The summed E-state index contributed by atoms with van der Waals surface area (Å²) in [5.41, 5.74) is 2.18. The predicted octanol–water partition coefficient (Wildman–Crippen LogP) is 5.28. The quantitative estimate of drug-likeness (QED) is 0.586. The van der Waals surface area contributed by atoms with Crippen LogP contribution < -0.4 is 0 Å². The van der Waals surface area contributed by atoms with E-state index in [9.17, 15) is 4.39 Å². The highest BCUT2D eigenvalue weighted by Gasteiger charge is 2.07. The van der Waals surface area contributed by atoms with Crippen LogP contribution in [0.5, 0.6) is 0 Å². The summed E-state index contributed by atoms with van der Waals surface area (Å²) in [4.78, 5) is 0. The van der Waals surface area contributed by atoms with Crippen LogP contribution in [-0.2, 0) is 0 Å². The molecular formula is C14H16ClF. The Bertz CT molecular complexity index is 504. The smallest absolute Gasteiger partial charge is 0.142 e. The van der Waals surface area contributed by atoms with Crippen molar-refractivity contribution in [3.8, 4) is 0 Å². The van der Waals surface area contributed by atoms with Crippen molar-refractivity contribution in [2.75, 3.05) is 0 Å². The molecule has 0 aromatic heterocycles. The van der Waals surface area contributed by atoms with Crippen LogP contribution in [0, 0.1) is 19.7 Å². The van der Waals surface area contributed by atoms with Crippen LogP contribution in [0.2, 0.25) is 5.02 Å². The summed E-state index contributed by atoms with van der Waals surface area (Å²) in [5, 5.41) is 2.03. The highest BCUT2D eigenvalue weighted by molar-refractivity contribution is 6.36. The molecule has 0 fully saturated rings. The molecule has 0 aliphatic carbocycles. The minimum atomic E-state index is -0.355. The first kappa shape index (κ1) is 13.0. The SMILES string of the molecule is CC.Cc1cc(C)c2c(Cl)c(F)ccc2c1. The summed E-state index contributed by atoms with van der Waals surface area (Å²) in [6, 6.07) is 7.18. The highest BCUT2D eigenvalue weighted by Crippen LogP contribution is 2.29. The van der Waals surface area contributed by atoms with E-state index >= 15 is 0 Å². The van der Waals surface area contributed by atoms with Crippen molar-refractivity contribution in [1.29, 1.82) is 0 Å². The Morgan fingerprint density at radius 2 is 1.69 bits per heavy atom. The fraction of sp³-hybridized carbons (Fsp3) is 0.286. The fourth-order valence-electron chi connectivity index (χ4n) is 1.79. The number of rotatable bonds is 0. The van der Waals surface area contributed by atoms with Crippen molar-refractivity contribution < 1.29 is 4.39 Å². The summed E-state index contributed by atoms with van der Waals surface area (Å²) < 4.78 is 13.2. The second-order valence-corrected chi connectivity index (χ2v) is 3.92. The maximum atomic E-state index is 13.2. The Morgan fingerprint density at radius 1 is 1.06 bits per heavy atom. The van der Waals surface area contributed by atoms with Gasteiger partial charge in [-0.2, -0.15) is 0 Å². The van der Waals surface area contributed by atoms with Gasteiger partial charge in [0.15, 0.2) is 0 Å². The number of halogens is 2. The summed E-state index contributed by atoms with van der Waals surface area (Å²) in [5.74, 6) is -0.355. The fourth-order valence-corrected chi connectivity index (χ4v) is 2.11. The van der Waals surface area contributed by atoms with Crippen LogP contribution in [0.4, 0.5) is 4.39 Å². The largest absolute Gasteiger partial charge is 0.205 e. The summed E-state index contributed by atoms with van der Waals surface area (Å²) in [7, 11) is 0. The van der Waals surface area contributed by atoms with Gasteiger partial charge in [-0.25, -0.2) is 4.39 Å². The van der Waals surface area contributed by atoms with Crippen LogP contribution in [0.25, 0.3) is 10.8 Å². The van der Waals surface area contributed by atoms with Gasteiger partial charge in [-0.1, -0.05) is 49.2 Å². The molecule has 0 amide bonds. The van der Waals surface area contributed by atoms with E-state index in [4.69, 9.17) is 11.6 Å². The monoisotopic (exact) mass is 238 g/mol. The lowest BCUT2D eigenvalue weighted by atomic mass is 10.0. The van der Waals surface area contributed by atoms with Crippen molar-refractivity contribution in [2.24, 2.45) is 0 Å². The van der Waals surface area contributed by atoms with Crippen molar-refractivity contribution in [2.45, 2.75) is 27.7 Å². The van der Waals surface area contributed by atoms with Crippen molar-refractivity contribution in [3.63, 3.8) is 0 Å². The topological polar surface area (TPSA) is 0 Å². The third-order valence-corrected chi connectivity index (χ3v) is 2.72. The third kappa shape index (κ3) is 2.35. The summed E-state index contributed by atoms with van der Waals surface area (Å²) >= 11 is 5.91. The molecule has 2 rings (SSSR count). The van der Waals surface area contributed by atoms with Crippen LogP contribution >= 0.6 is 11.6 Å². The van der Waals surface area contributed by atoms with Gasteiger partial charge in [-0.3, -0.25) is 0 Å². The molecule has 16 heavy (non-hydrogen) atoms. The number of fused-ring (bicyclic) bond motifs is 1. The molecule has 2 aromatic carbocycles. The van der Waals surface area contributed by atoms with E-state index in [1.54, 1.807) is 6.07 Å². The Labute approximate surface area is 101 Å². The average Bonchev–Trinajstić information content (AvgIpc) is 2.26. The minimum absolute atomic E-state index is 0.222. The molecule has 0 bridgehead atoms. The molecule has 0 aliphatic rings. The third-order valence-electron chi connectivity index (χ3n) is 2.35. The van der Waals surface area contributed by atoms with Crippen LogP contribution in [0.3, 0.4) is 0 Å². The number of benzene rings is 2. The van der Waals surface area contributed by atoms with E-state index in [0.29, 0.717) is 0 Å². The van der Waals surface area contributed by atoms with Crippen LogP contribution in [0.1, 0.15) is 25.0 Å². The van der Waals surface area contributed by atoms with E-state index in [0.717, 1.165) is 21.9 Å². The van der Waals surface area contributed by atoms with Gasteiger partial charge in [0.25, 0.3) is 0 Å². The summed E-state index contributed by atoms with van der Waals surface area (Å²) in [6.07, 6.45) is 0. The first-order valence-corrected chi connectivity index (χ1v) is 5.82. The zero-order valence-corrected chi connectivity index (χ0v) is 10.8. The lowest BCUT2D eigenvalue weighted by Crippen LogP contribution is -1.85. The molecule has 0 saturated heterocycles.